The third kappa shape index (κ3) is 3.51. The van der Waals surface area contributed by atoms with Crippen LogP contribution in [0.3, 0.4) is 0 Å². The fraction of sp³-hybridized carbons (Fsp3) is 0.375. The molecule has 0 bridgehead atoms. The number of hydrogen-bond acceptors (Lipinski definition) is 2. The van der Waals surface area contributed by atoms with Crippen molar-refractivity contribution in [2.75, 3.05) is 0 Å². The summed E-state index contributed by atoms with van der Waals surface area (Å²) in [5, 5.41) is 0.278. The van der Waals surface area contributed by atoms with Gasteiger partial charge < -0.3 is 5.73 Å². The molecule has 1 atom stereocenters. The van der Waals surface area contributed by atoms with Gasteiger partial charge in [-0.2, -0.15) is 13.2 Å². The van der Waals surface area contributed by atoms with E-state index in [1.807, 2.05) is 0 Å². The maximum Gasteiger partial charge on any atom is 0.390 e. The first-order valence-corrected chi connectivity index (χ1v) is 4.19. The Morgan fingerprint density at radius 3 is 2.57 bits per heavy atom. The molecule has 14 heavy (non-hydrogen) atoms. The predicted octanol–water partition coefficient (Wildman–Crippen LogP) is 2.69. The monoisotopic (exact) mass is 224 g/mol. The second-order valence-electron chi connectivity index (χ2n) is 2.86. The van der Waals surface area contributed by atoms with Gasteiger partial charge in [-0.05, 0) is 11.6 Å². The van der Waals surface area contributed by atoms with Crippen molar-refractivity contribution in [1.82, 2.24) is 4.98 Å². The van der Waals surface area contributed by atoms with E-state index in [1.54, 1.807) is 0 Å². The lowest BCUT2D eigenvalue weighted by molar-refractivity contribution is -0.138. The number of pyridine rings is 1. The van der Waals surface area contributed by atoms with Crippen molar-refractivity contribution < 1.29 is 13.2 Å². The van der Waals surface area contributed by atoms with Crippen molar-refractivity contribution in [3.8, 4) is 0 Å². The second-order valence-corrected chi connectivity index (χ2v) is 3.30. The molecule has 0 aliphatic carbocycles. The van der Waals surface area contributed by atoms with E-state index in [0.29, 0.717) is 0 Å². The quantitative estimate of drug-likeness (QED) is 0.839. The molecular formula is C8H8ClF3N2. The number of aromatic nitrogens is 1. The predicted molar refractivity (Wildman–Crippen MR) is 46.8 cm³/mol. The summed E-state index contributed by atoms with van der Waals surface area (Å²) in [5.41, 5.74) is 5.62. The summed E-state index contributed by atoms with van der Waals surface area (Å²) in [6, 6.07) is 0.270. The molecule has 0 saturated carbocycles. The Hall–Kier alpha value is -0.810. The molecule has 1 rings (SSSR count). The molecule has 0 saturated heterocycles. The molecule has 2 nitrogen and oxygen atoms in total. The van der Waals surface area contributed by atoms with Gasteiger partial charge in [0, 0.05) is 18.4 Å². The smallest absolute Gasteiger partial charge is 0.324 e. The average Bonchev–Trinajstić information content (AvgIpc) is 2.01. The molecule has 0 amide bonds. The Morgan fingerprint density at radius 2 is 2.07 bits per heavy atom. The number of alkyl halides is 3. The van der Waals surface area contributed by atoms with Crippen LogP contribution in [-0.2, 0) is 0 Å². The van der Waals surface area contributed by atoms with E-state index < -0.39 is 18.6 Å². The molecule has 2 N–H and O–H groups in total. The maximum atomic E-state index is 12.0. The van der Waals surface area contributed by atoms with Gasteiger partial charge in [-0.25, -0.2) is 0 Å². The molecule has 0 spiro atoms. The van der Waals surface area contributed by atoms with Gasteiger partial charge in [0.1, 0.15) is 0 Å². The summed E-state index contributed by atoms with van der Waals surface area (Å²) in [5.74, 6) is 0. The Morgan fingerprint density at radius 1 is 1.43 bits per heavy atom. The highest BCUT2D eigenvalue weighted by Crippen LogP contribution is 2.28. The third-order valence-corrected chi connectivity index (χ3v) is 1.81. The molecule has 0 aromatic carbocycles. The van der Waals surface area contributed by atoms with E-state index in [9.17, 15) is 13.2 Å². The van der Waals surface area contributed by atoms with Crippen molar-refractivity contribution in [3.63, 3.8) is 0 Å². The molecule has 0 fully saturated rings. The van der Waals surface area contributed by atoms with E-state index in [2.05, 4.69) is 4.98 Å². The van der Waals surface area contributed by atoms with Crippen LogP contribution in [0.15, 0.2) is 18.5 Å². The molecule has 1 unspecified atom stereocenters. The van der Waals surface area contributed by atoms with Crippen LogP contribution in [0, 0.1) is 0 Å². The molecule has 1 aromatic heterocycles. The summed E-state index contributed by atoms with van der Waals surface area (Å²) in [4.78, 5) is 3.66. The SMILES string of the molecule is NC(CC(F)(F)F)c1cncc(Cl)c1. The van der Waals surface area contributed by atoms with E-state index in [1.165, 1.54) is 18.5 Å². The largest absolute Gasteiger partial charge is 0.390 e. The minimum absolute atomic E-state index is 0.278. The molecule has 0 radical (unpaired) electrons. The lowest BCUT2D eigenvalue weighted by Crippen LogP contribution is -2.20. The summed E-state index contributed by atoms with van der Waals surface area (Å²) in [6.07, 6.45) is -2.73. The summed E-state index contributed by atoms with van der Waals surface area (Å²) >= 11 is 5.56. The van der Waals surface area contributed by atoms with Crippen LogP contribution < -0.4 is 5.73 Å². The molecule has 1 heterocycles. The fourth-order valence-corrected chi connectivity index (χ4v) is 1.18. The highest BCUT2D eigenvalue weighted by molar-refractivity contribution is 6.30. The van der Waals surface area contributed by atoms with Gasteiger partial charge in [-0.3, -0.25) is 4.98 Å². The Kier molecular flexibility index (Phi) is 3.34. The van der Waals surface area contributed by atoms with E-state index in [-0.39, 0.29) is 10.6 Å². The lowest BCUT2D eigenvalue weighted by Gasteiger charge is -2.13. The summed E-state index contributed by atoms with van der Waals surface area (Å²) in [6.45, 7) is 0. The lowest BCUT2D eigenvalue weighted by atomic mass is 10.1. The number of nitrogens with zero attached hydrogens (tertiary/aromatic N) is 1. The summed E-state index contributed by atoms with van der Waals surface area (Å²) in [7, 11) is 0. The first-order chi connectivity index (χ1) is 6.38. The van der Waals surface area contributed by atoms with Gasteiger partial charge in [-0.1, -0.05) is 11.6 Å². The third-order valence-electron chi connectivity index (χ3n) is 1.61. The van der Waals surface area contributed by atoms with Gasteiger partial charge in [-0.15, -0.1) is 0 Å². The molecule has 0 aliphatic rings. The van der Waals surface area contributed by atoms with Crippen LogP contribution >= 0.6 is 11.6 Å². The highest BCUT2D eigenvalue weighted by Gasteiger charge is 2.30. The average molecular weight is 225 g/mol. The van der Waals surface area contributed by atoms with Crippen LogP contribution in [-0.4, -0.2) is 11.2 Å². The zero-order valence-electron chi connectivity index (χ0n) is 7.05. The molecule has 1 aromatic rings. The maximum absolute atomic E-state index is 12.0. The molecule has 78 valence electrons. The van der Waals surface area contributed by atoms with Crippen molar-refractivity contribution in [2.24, 2.45) is 5.73 Å². The van der Waals surface area contributed by atoms with Crippen LogP contribution in [0.2, 0.25) is 5.02 Å². The fourth-order valence-electron chi connectivity index (χ4n) is 0.998. The minimum Gasteiger partial charge on any atom is -0.324 e. The van der Waals surface area contributed by atoms with Gasteiger partial charge in [0.15, 0.2) is 0 Å². The van der Waals surface area contributed by atoms with E-state index in [4.69, 9.17) is 17.3 Å². The number of rotatable bonds is 2. The van der Waals surface area contributed by atoms with E-state index >= 15 is 0 Å². The van der Waals surface area contributed by atoms with Crippen molar-refractivity contribution in [1.29, 1.82) is 0 Å². The molecular weight excluding hydrogens is 217 g/mol. The second kappa shape index (κ2) is 4.14. The standard InChI is InChI=1S/C8H8ClF3N2/c9-6-1-5(3-14-4-6)7(13)2-8(10,11)12/h1,3-4,7H,2,13H2. The number of halogens is 4. The Bertz CT molecular complexity index is 314. The number of nitrogens with two attached hydrogens (primary N) is 1. The molecule has 6 heteroatoms. The first kappa shape index (κ1) is 11.3. The zero-order chi connectivity index (χ0) is 10.8. The van der Waals surface area contributed by atoms with Crippen LogP contribution in [0.4, 0.5) is 13.2 Å². The molecule has 0 aliphatic heterocycles. The summed E-state index contributed by atoms with van der Waals surface area (Å²) < 4.78 is 35.9. The van der Waals surface area contributed by atoms with Gasteiger partial charge >= 0.3 is 6.18 Å². The highest BCUT2D eigenvalue weighted by atomic mass is 35.5. The van der Waals surface area contributed by atoms with Crippen molar-refractivity contribution in [3.05, 3.63) is 29.0 Å². The van der Waals surface area contributed by atoms with Gasteiger partial charge in [0.25, 0.3) is 0 Å². The topological polar surface area (TPSA) is 38.9 Å². The Balaban J connectivity index is 2.74. The van der Waals surface area contributed by atoms with Crippen LogP contribution in [0.25, 0.3) is 0 Å². The zero-order valence-corrected chi connectivity index (χ0v) is 7.81. The van der Waals surface area contributed by atoms with E-state index in [0.717, 1.165) is 0 Å². The minimum atomic E-state index is -4.28. The normalized spacial score (nSPS) is 14.1. The first-order valence-electron chi connectivity index (χ1n) is 3.81. The van der Waals surface area contributed by atoms with Gasteiger partial charge in [0.2, 0.25) is 0 Å². The van der Waals surface area contributed by atoms with Crippen molar-refractivity contribution >= 4 is 11.6 Å². The van der Waals surface area contributed by atoms with Gasteiger partial charge in [0.05, 0.1) is 11.4 Å². The van der Waals surface area contributed by atoms with Crippen LogP contribution in [0.5, 0.6) is 0 Å². The number of hydrogen-bond donors (Lipinski definition) is 1. The van der Waals surface area contributed by atoms with Crippen LogP contribution in [0.1, 0.15) is 18.0 Å². The Labute approximate surface area is 83.9 Å². The van der Waals surface area contributed by atoms with Crippen molar-refractivity contribution in [2.45, 2.75) is 18.6 Å².